The molecule has 0 saturated heterocycles. The van der Waals surface area contributed by atoms with Crippen LogP contribution in [0.15, 0.2) is 65.8 Å². The van der Waals surface area contributed by atoms with Crippen LogP contribution in [-0.4, -0.2) is 17.2 Å². The van der Waals surface area contributed by atoms with Crippen LogP contribution in [0, 0.1) is 10.1 Å². The third-order valence-corrected chi connectivity index (χ3v) is 5.80. The van der Waals surface area contributed by atoms with Crippen LogP contribution in [0.5, 0.6) is 11.5 Å². The number of hydrogen-bond donors (Lipinski definition) is 1. The summed E-state index contributed by atoms with van der Waals surface area (Å²) in [5, 5.41) is 10.3. The van der Waals surface area contributed by atoms with Crippen molar-refractivity contribution in [1.82, 2.24) is 9.71 Å². The number of aromatic nitrogens is 1. The van der Waals surface area contributed by atoms with Crippen LogP contribution >= 0.6 is 23.5 Å². The van der Waals surface area contributed by atoms with Crippen LogP contribution in [-0.2, 0) is 5.54 Å². The first-order valence-corrected chi connectivity index (χ1v) is 10.1. The van der Waals surface area contributed by atoms with Crippen LogP contribution in [0.3, 0.4) is 0 Å². The summed E-state index contributed by atoms with van der Waals surface area (Å²) in [5.41, 5.74) is 2.50. The van der Waals surface area contributed by atoms with Gasteiger partial charge in [-0.1, -0.05) is 29.8 Å². The molecule has 3 rings (SSSR count). The van der Waals surface area contributed by atoms with E-state index in [4.69, 9.17) is 16.3 Å². The molecule has 3 aromatic rings. The molecule has 0 saturated carbocycles. The maximum Gasteiger partial charge on any atom is 0.299 e. The normalized spacial score (nSPS) is 11.2. The molecule has 9 heteroatoms. The molecule has 7 nitrogen and oxygen atoms in total. The molecule has 156 valence electrons. The number of rotatable bonds is 8. The smallest absolute Gasteiger partial charge is 0.299 e. The highest BCUT2D eigenvalue weighted by Gasteiger charge is 2.22. The Hall–Kier alpha value is -2.81. The van der Waals surface area contributed by atoms with Crippen molar-refractivity contribution in [3.8, 4) is 22.6 Å². The van der Waals surface area contributed by atoms with Crippen LogP contribution in [0.1, 0.15) is 19.4 Å². The van der Waals surface area contributed by atoms with Gasteiger partial charge in [0.15, 0.2) is 0 Å². The van der Waals surface area contributed by atoms with Crippen LogP contribution in [0.2, 0.25) is 5.02 Å². The average Bonchev–Trinajstić information content (AvgIpc) is 2.73. The van der Waals surface area contributed by atoms with Crippen molar-refractivity contribution in [2.75, 3.05) is 7.11 Å². The second kappa shape index (κ2) is 9.34. The summed E-state index contributed by atoms with van der Waals surface area (Å²) in [5.74, 6) is 0.772. The topological polar surface area (TPSA) is 86.5 Å². The zero-order valence-electron chi connectivity index (χ0n) is 16.6. The minimum Gasteiger partial charge on any atom is -0.494 e. The van der Waals surface area contributed by atoms with E-state index in [2.05, 4.69) is 20.6 Å². The molecule has 2 aromatic carbocycles. The third kappa shape index (κ3) is 5.21. The van der Waals surface area contributed by atoms with Gasteiger partial charge in [0.25, 0.3) is 5.09 Å². The fraction of sp³-hybridized carbons (Fsp3) is 0.190. The lowest BCUT2D eigenvalue weighted by Crippen LogP contribution is -2.31. The van der Waals surface area contributed by atoms with E-state index in [-0.39, 0.29) is 5.75 Å². The quantitative estimate of drug-likeness (QED) is 0.278. The van der Waals surface area contributed by atoms with E-state index in [1.807, 2.05) is 38.1 Å². The monoisotopic (exact) mass is 445 g/mol. The maximum absolute atomic E-state index is 10.8. The van der Waals surface area contributed by atoms with E-state index >= 15 is 0 Å². The number of methoxy groups -OCH3 is 1. The van der Waals surface area contributed by atoms with Crippen molar-refractivity contribution in [2.45, 2.75) is 24.3 Å². The molecule has 0 amide bonds. The molecule has 0 aliphatic carbocycles. The largest absolute Gasteiger partial charge is 0.494 e. The molecule has 0 atom stereocenters. The zero-order chi connectivity index (χ0) is 21.7. The van der Waals surface area contributed by atoms with Gasteiger partial charge in [-0.25, -0.2) is 4.72 Å². The molecule has 1 heterocycles. The number of nitrogens with one attached hydrogen (secondary N) is 1. The summed E-state index contributed by atoms with van der Waals surface area (Å²) < 4.78 is 8.78. The van der Waals surface area contributed by atoms with Crippen LogP contribution in [0.25, 0.3) is 11.1 Å². The predicted molar refractivity (Wildman–Crippen MR) is 117 cm³/mol. The number of ether oxygens (including phenoxy) is 1. The van der Waals surface area contributed by atoms with E-state index < -0.39 is 10.6 Å². The lowest BCUT2D eigenvalue weighted by Gasteiger charge is -2.27. The van der Waals surface area contributed by atoms with Gasteiger partial charge >= 0.3 is 0 Å². The Balaban J connectivity index is 1.84. The number of hydrogen-bond acceptors (Lipinski definition) is 7. The Bertz CT molecular complexity index is 1060. The van der Waals surface area contributed by atoms with Crippen molar-refractivity contribution < 1.29 is 14.7 Å². The molecular weight excluding hydrogens is 426 g/mol. The number of benzene rings is 2. The van der Waals surface area contributed by atoms with Gasteiger partial charge in [0.2, 0.25) is 0 Å². The fourth-order valence-corrected chi connectivity index (χ4v) is 3.79. The first-order chi connectivity index (χ1) is 14.3. The Morgan fingerprint density at radius 3 is 2.70 bits per heavy atom. The lowest BCUT2D eigenvalue weighted by atomic mass is 9.92. The molecule has 0 unspecified atom stereocenters. The van der Waals surface area contributed by atoms with E-state index in [1.54, 1.807) is 31.6 Å². The summed E-state index contributed by atoms with van der Waals surface area (Å²) in [6.45, 7) is 4.04. The minimum absolute atomic E-state index is 0.0797. The van der Waals surface area contributed by atoms with Gasteiger partial charge in [0.05, 0.1) is 18.2 Å². The van der Waals surface area contributed by atoms with E-state index in [9.17, 15) is 10.1 Å². The molecular formula is C21H20ClN3O4S. The maximum atomic E-state index is 10.8. The second-order valence-electron chi connectivity index (χ2n) is 6.89. The van der Waals surface area contributed by atoms with Crippen LogP contribution < -0.4 is 14.3 Å². The molecule has 0 radical (unpaired) electrons. The third-order valence-electron chi connectivity index (χ3n) is 4.39. The minimum atomic E-state index is -0.855. The highest BCUT2D eigenvalue weighted by molar-refractivity contribution is 7.97. The molecule has 1 aromatic heterocycles. The van der Waals surface area contributed by atoms with Gasteiger partial charge < -0.3 is 4.74 Å². The molecule has 0 bridgehead atoms. The SMILES string of the molecule is COc1cnccc1-c1cccc(C(C)(C)NSc2ccc(Cl)cc2O[N+](=O)[O-])c1. The van der Waals surface area contributed by atoms with Gasteiger partial charge in [-0.2, -0.15) is 0 Å². The lowest BCUT2D eigenvalue weighted by molar-refractivity contribution is -0.711. The van der Waals surface area contributed by atoms with Gasteiger partial charge in [-0.05, 0) is 67.3 Å². The van der Waals surface area contributed by atoms with Crippen molar-refractivity contribution in [3.05, 3.63) is 81.6 Å². The van der Waals surface area contributed by atoms with Crippen molar-refractivity contribution in [3.63, 3.8) is 0 Å². The Morgan fingerprint density at radius 1 is 1.17 bits per heavy atom. The van der Waals surface area contributed by atoms with Crippen LogP contribution in [0.4, 0.5) is 0 Å². The first-order valence-electron chi connectivity index (χ1n) is 8.95. The Kier molecular flexibility index (Phi) is 6.81. The summed E-state index contributed by atoms with van der Waals surface area (Å²) in [6, 6.07) is 14.7. The average molecular weight is 446 g/mol. The van der Waals surface area contributed by atoms with Crippen molar-refractivity contribution >= 4 is 23.5 Å². The molecule has 0 spiro atoms. The molecule has 0 fully saturated rings. The summed E-state index contributed by atoms with van der Waals surface area (Å²) in [4.78, 5) is 20.1. The number of nitrogens with zero attached hydrogens (tertiary/aromatic N) is 2. The van der Waals surface area contributed by atoms with Crippen molar-refractivity contribution in [2.24, 2.45) is 0 Å². The van der Waals surface area contributed by atoms with Gasteiger partial charge in [0, 0.05) is 22.3 Å². The highest BCUT2D eigenvalue weighted by atomic mass is 35.5. The number of pyridine rings is 1. The second-order valence-corrected chi connectivity index (χ2v) is 8.18. The molecule has 30 heavy (non-hydrogen) atoms. The van der Waals surface area contributed by atoms with Gasteiger partial charge in [-0.15, -0.1) is 10.1 Å². The standard InChI is InChI=1S/C21H20ClN3O4S/c1-21(2,24-30-20-8-7-16(22)12-18(20)29-25(26)27)15-6-4-5-14(11-15)17-9-10-23-13-19(17)28-3/h4-13,24H,1-3H3. The van der Waals surface area contributed by atoms with E-state index in [1.165, 1.54) is 18.0 Å². The van der Waals surface area contributed by atoms with Crippen molar-refractivity contribution in [1.29, 1.82) is 0 Å². The number of halogens is 1. The predicted octanol–water partition coefficient (Wildman–Crippen LogP) is 5.51. The highest BCUT2D eigenvalue weighted by Crippen LogP contribution is 2.35. The van der Waals surface area contributed by atoms with Gasteiger partial charge in [-0.3, -0.25) is 9.82 Å². The van der Waals surface area contributed by atoms with Gasteiger partial charge in [0.1, 0.15) is 11.5 Å². The molecule has 1 N–H and O–H groups in total. The first kappa shape index (κ1) is 21.9. The molecule has 0 aliphatic heterocycles. The summed E-state index contributed by atoms with van der Waals surface area (Å²) in [7, 11) is 1.61. The Labute approximate surface area is 183 Å². The molecule has 0 aliphatic rings. The summed E-state index contributed by atoms with van der Waals surface area (Å²) >= 11 is 7.18. The van der Waals surface area contributed by atoms with E-state index in [0.717, 1.165) is 16.7 Å². The Morgan fingerprint density at radius 2 is 1.97 bits per heavy atom. The zero-order valence-corrected chi connectivity index (χ0v) is 18.2. The summed E-state index contributed by atoms with van der Waals surface area (Å²) in [6.07, 6.45) is 3.40. The van der Waals surface area contributed by atoms with E-state index in [0.29, 0.717) is 15.7 Å². The fourth-order valence-electron chi connectivity index (χ4n) is 2.82.